The Morgan fingerprint density at radius 1 is 1.18 bits per heavy atom. The topological polar surface area (TPSA) is 63.2 Å². The number of rotatable bonds is 4. The van der Waals surface area contributed by atoms with Crippen molar-refractivity contribution < 1.29 is 13.2 Å². The second kappa shape index (κ2) is 7.12. The van der Waals surface area contributed by atoms with Gasteiger partial charge >= 0.3 is 0 Å². The number of hydrogen-bond donors (Lipinski definition) is 1. The Balaban J connectivity index is 1.80. The molecular weight excluding hydrogens is 318 g/mol. The Morgan fingerprint density at radius 2 is 1.86 bits per heavy atom. The summed E-state index contributed by atoms with van der Waals surface area (Å²) in [7, 11) is -2.85. The predicted octanol–water partition coefficient (Wildman–Crippen LogP) is 2.63. The van der Waals surface area contributed by atoms with E-state index in [2.05, 4.69) is 26.1 Å². The highest BCUT2D eigenvalue weighted by Crippen LogP contribution is 2.38. The molecule has 1 aliphatic heterocycles. The van der Waals surface area contributed by atoms with Crippen molar-refractivity contribution in [2.75, 3.05) is 17.3 Å². The van der Waals surface area contributed by atoms with Gasteiger partial charge in [0.05, 0.1) is 17.3 Å². The number of nitrogens with one attached hydrogen (secondary N) is 1. The van der Waals surface area contributed by atoms with Crippen molar-refractivity contribution in [2.24, 2.45) is 11.3 Å². The quantitative estimate of drug-likeness (QED) is 0.849. The number of amides is 1. The van der Waals surface area contributed by atoms with Crippen LogP contribution in [0.1, 0.15) is 52.9 Å². The Morgan fingerprint density at radius 3 is 2.45 bits per heavy atom. The maximum atomic E-state index is 12.2. The zero-order chi connectivity index (χ0) is 16.4. The van der Waals surface area contributed by atoms with Gasteiger partial charge in [0.25, 0.3) is 0 Å². The van der Waals surface area contributed by atoms with Gasteiger partial charge in [-0.2, -0.15) is 0 Å². The molecule has 1 amide bonds. The number of thioether (sulfide) groups is 1. The third-order valence-electron chi connectivity index (χ3n) is 4.87. The fourth-order valence-corrected chi connectivity index (χ4v) is 7.13. The van der Waals surface area contributed by atoms with Crippen molar-refractivity contribution in [1.82, 2.24) is 5.32 Å². The van der Waals surface area contributed by atoms with Gasteiger partial charge in [-0.3, -0.25) is 4.79 Å². The van der Waals surface area contributed by atoms with E-state index in [1.54, 1.807) is 0 Å². The highest BCUT2D eigenvalue weighted by atomic mass is 32.2. The summed E-state index contributed by atoms with van der Waals surface area (Å²) in [5.41, 5.74) is 0.213. The highest BCUT2D eigenvalue weighted by Gasteiger charge is 2.35. The molecule has 0 aromatic heterocycles. The number of hydrogen-bond acceptors (Lipinski definition) is 4. The van der Waals surface area contributed by atoms with Crippen molar-refractivity contribution in [3.05, 3.63) is 0 Å². The summed E-state index contributed by atoms with van der Waals surface area (Å²) >= 11 is 1.50. The summed E-state index contributed by atoms with van der Waals surface area (Å²) in [6.45, 7) is 6.75. The molecule has 3 atom stereocenters. The zero-order valence-corrected chi connectivity index (χ0v) is 15.6. The molecule has 1 saturated heterocycles. The van der Waals surface area contributed by atoms with Gasteiger partial charge in [-0.25, -0.2) is 8.42 Å². The lowest BCUT2D eigenvalue weighted by atomic mass is 9.69. The molecule has 2 fully saturated rings. The van der Waals surface area contributed by atoms with E-state index in [1.807, 2.05) is 0 Å². The van der Waals surface area contributed by atoms with Crippen LogP contribution in [0.25, 0.3) is 0 Å². The normalized spacial score (nSPS) is 31.9. The van der Waals surface area contributed by atoms with Gasteiger partial charge in [0.15, 0.2) is 9.84 Å². The lowest BCUT2D eigenvalue weighted by Crippen LogP contribution is -2.47. The number of carbonyl (C=O) groups excluding carboxylic acids is 1. The van der Waals surface area contributed by atoms with Crippen LogP contribution in [0.15, 0.2) is 0 Å². The minimum atomic E-state index is -2.85. The average Bonchev–Trinajstić information content (AvgIpc) is 2.75. The van der Waals surface area contributed by atoms with Crippen LogP contribution in [-0.2, 0) is 14.6 Å². The summed E-state index contributed by atoms with van der Waals surface area (Å²) in [5, 5.41) is 3.31. The molecule has 128 valence electrons. The van der Waals surface area contributed by atoms with E-state index in [0.717, 1.165) is 6.42 Å². The van der Waals surface area contributed by atoms with Gasteiger partial charge in [0, 0.05) is 11.3 Å². The van der Waals surface area contributed by atoms with Crippen LogP contribution in [0.5, 0.6) is 0 Å². The predicted molar refractivity (Wildman–Crippen MR) is 92.9 cm³/mol. The van der Waals surface area contributed by atoms with Gasteiger partial charge in [0.1, 0.15) is 0 Å². The molecule has 0 aromatic carbocycles. The molecule has 0 spiro atoms. The van der Waals surface area contributed by atoms with E-state index >= 15 is 0 Å². The largest absolute Gasteiger partial charge is 0.352 e. The van der Waals surface area contributed by atoms with Crippen molar-refractivity contribution in [3.63, 3.8) is 0 Å². The molecule has 1 heterocycles. The first-order chi connectivity index (χ1) is 10.2. The van der Waals surface area contributed by atoms with Crippen molar-refractivity contribution in [1.29, 1.82) is 0 Å². The van der Waals surface area contributed by atoms with Crippen LogP contribution in [0.3, 0.4) is 0 Å². The van der Waals surface area contributed by atoms with Crippen LogP contribution < -0.4 is 5.32 Å². The van der Waals surface area contributed by atoms with Crippen LogP contribution in [0.4, 0.5) is 0 Å². The third kappa shape index (κ3) is 5.15. The molecule has 2 rings (SSSR count). The number of carbonyl (C=O) groups is 1. The second-order valence-electron chi connectivity index (χ2n) is 7.77. The molecular formula is C16H29NO3S2. The molecule has 1 saturated carbocycles. The van der Waals surface area contributed by atoms with Crippen molar-refractivity contribution in [3.8, 4) is 0 Å². The van der Waals surface area contributed by atoms with Crippen molar-refractivity contribution >= 4 is 27.5 Å². The Hall–Kier alpha value is -0.230. The second-order valence-corrected chi connectivity index (χ2v) is 11.3. The number of sulfone groups is 1. The summed E-state index contributed by atoms with van der Waals surface area (Å²) < 4.78 is 22.9. The molecule has 22 heavy (non-hydrogen) atoms. The van der Waals surface area contributed by atoms with Crippen LogP contribution in [0, 0.1) is 11.3 Å². The first kappa shape index (κ1) is 18.1. The first-order valence-electron chi connectivity index (χ1n) is 8.29. The van der Waals surface area contributed by atoms with Gasteiger partial charge < -0.3 is 5.32 Å². The minimum absolute atomic E-state index is 0.0652. The fraction of sp³-hybridized carbons (Fsp3) is 0.938. The van der Waals surface area contributed by atoms with Crippen molar-refractivity contribution in [2.45, 2.75) is 64.2 Å². The highest BCUT2D eigenvalue weighted by molar-refractivity contribution is 8.02. The van der Waals surface area contributed by atoms with E-state index in [-0.39, 0.29) is 34.1 Å². The average molecular weight is 348 g/mol. The van der Waals surface area contributed by atoms with E-state index in [1.165, 1.54) is 31.0 Å². The van der Waals surface area contributed by atoms with Gasteiger partial charge in [-0.15, -0.1) is 11.8 Å². The monoisotopic (exact) mass is 347 g/mol. The molecule has 6 heteroatoms. The molecule has 0 bridgehead atoms. The van der Waals surface area contributed by atoms with E-state index in [4.69, 9.17) is 0 Å². The van der Waals surface area contributed by atoms with Gasteiger partial charge in [-0.05, 0) is 30.6 Å². The molecule has 1 aliphatic carbocycles. The lowest BCUT2D eigenvalue weighted by Gasteiger charge is -2.40. The Bertz CT molecular complexity index is 496. The molecule has 0 aromatic rings. The molecule has 0 radical (unpaired) electrons. The third-order valence-corrected chi connectivity index (χ3v) is 8.15. The molecule has 3 unspecified atom stereocenters. The maximum absolute atomic E-state index is 12.2. The molecule has 4 nitrogen and oxygen atoms in total. The summed E-state index contributed by atoms with van der Waals surface area (Å²) in [6.07, 6.45) is 5.38. The summed E-state index contributed by atoms with van der Waals surface area (Å²) in [4.78, 5) is 12.2. The lowest BCUT2D eigenvalue weighted by molar-refractivity contribution is -0.120. The zero-order valence-electron chi connectivity index (χ0n) is 13.9. The Labute approximate surface area is 139 Å². The van der Waals surface area contributed by atoms with E-state index < -0.39 is 9.84 Å². The Kier molecular flexibility index (Phi) is 5.86. The van der Waals surface area contributed by atoms with E-state index in [9.17, 15) is 13.2 Å². The van der Waals surface area contributed by atoms with Crippen LogP contribution >= 0.6 is 11.8 Å². The summed E-state index contributed by atoms with van der Waals surface area (Å²) in [6, 6.07) is 0.272. The first-order valence-corrected chi connectivity index (χ1v) is 11.2. The molecule has 1 N–H and O–H groups in total. The van der Waals surface area contributed by atoms with Crippen LogP contribution in [0.2, 0.25) is 0 Å². The smallest absolute Gasteiger partial charge is 0.230 e. The van der Waals surface area contributed by atoms with Crippen LogP contribution in [-0.4, -0.2) is 42.9 Å². The maximum Gasteiger partial charge on any atom is 0.230 e. The summed E-state index contributed by atoms with van der Waals surface area (Å²) in [5.74, 6) is 1.49. The standard InChI is InChI=1S/C16H29NO3S2/c1-16(2,3)13-6-4-5-7-14(13)17-15(18)10-21-12-8-9-22(19,20)11-12/h12-14H,4-11H2,1-3H3,(H,17,18). The molecule has 2 aliphatic rings. The fourth-order valence-electron chi connectivity index (χ4n) is 3.67. The minimum Gasteiger partial charge on any atom is -0.352 e. The SMILES string of the molecule is CC(C)(C)C1CCCCC1NC(=O)CSC1CCS(=O)(=O)C1. The van der Waals surface area contributed by atoms with Gasteiger partial charge in [0.2, 0.25) is 5.91 Å². The van der Waals surface area contributed by atoms with Gasteiger partial charge in [-0.1, -0.05) is 33.6 Å². The van der Waals surface area contributed by atoms with E-state index in [0.29, 0.717) is 18.1 Å².